The molecule has 3 amide bonds. The van der Waals surface area contributed by atoms with Crippen molar-refractivity contribution in [3.8, 4) is 6.07 Å². The first kappa shape index (κ1) is 24.7. The first-order valence-corrected chi connectivity index (χ1v) is 11.5. The van der Waals surface area contributed by atoms with Gasteiger partial charge in [-0.15, -0.1) is 0 Å². The minimum absolute atomic E-state index is 0.250. The lowest BCUT2D eigenvalue weighted by molar-refractivity contribution is -0.126. The fourth-order valence-electron chi connectivity index (χ4n) is 4.64. The van der Waals surface area contributed by atoms with Crippen molar-refractivity contribution in [1.29, 1.82) is 5.26 Å². The predicted molar refractivity (Wildman–Crippen MR) is 121 cm³/mol. The molecule has 0 radical (unpaired) electrons. The molecule has 0 aromatic carbocycles. The second-order valence-electron chi connectivity index (χ2n) is 9.60. The van der Waals surface area contributed by atoms with Gasteiger partial charge in [-0.1, -0.05) is 25.2 Å². The van der Waals surface area contributed by atoms with Crippen LogP contribution in [0.5, 0.6) is 0 Å². The lowest BCUT2D eigenvalue weighted by Gasteiger charge is -2.48. The number of allylic oxidation sites excluding steroid dienone is 4. The van der Waals surface area contributed by atoms with Gasteiger partial charge in [0.2, 0.25) is 5.91 Å². The second kappa shape index (κ2) is 9.94. The zero-order valence-corrected chi connectivity index (χ0v) is 18.9. The molecule has 0 aromatic heterocycles. The number of hydrogen-bond acceptors (Lipinski definition) is 4. The number of rotatable bonds is 9. The summed E-state index contributed by atoms with van der Waals surface area (Å²) in [5.41, 5.74) is 4.90. The molecule has 1 aliphatic heterocycles. The van der Waals surface area contributed by atoms with E-state index >= 15 is 0 Å². The van der Waals surface area contributed by atoms with Crippen LogP contribution in [0, 0.1) is 16.7 Å². The van der Waals surface area contributed by atoms with Crippen molar-refractivity contribution < 1.29 is 18.4 Å². The van der Waals surface area contributed by atoms with Crippen LogP contribution in [0.4, 0.5) is 13.6 Å². The Morgan fingerprint density at radius 2 is 1.88 bits per heavy atom. The van der Waals surface area contributed by atoms with Gasteiger partial charge in [-0.05, 0) is 61.8 Å². The molecular weight excluding hydrogens is 428 g/mol. The van der Waals surface area contributed by atoms with Gasteiger partial charge in [0.15, 0.2) is 0 Å². The van der Waals surface area contributed by atoms with E-state index in [-0.39, 0.29) is 5.57 Å². The van der Waals surface area contributed by atoms with E-state index in [0.717, 1.165) is 19.0 Å². The molecule has 1 heterocycles. The van der Waals surface area contributed by atoms with Crippen molar-refractivity contribution in [2.24, 2.45) is 11.1 Å². The topological polar surface area (TPSA) is 111 Å². The molecule has 2 saturated carbocycles. The maximum absolute atomic E-state index is 14.9. The van der Waals surface area contributed by atoms with Gasteiger partial charge in [0.1, 0.15) is 11.6 Å². The number of nitrogens with zero attached hydrogens (tertiary/aromatic N) is 2. The summed E-state index contributed by atoms with van der Waals surface area (Å²) in [7, 11) is 0. The van der Waals surface area contributed by atoms with Gasteiger partial charge >= 0.3 is 6.03 Å². The van der Waals surface area contributed by atoms with E-state index in [4.69, 9.17) is 5.73 Å². The van der Waals surface area contributed by atoms with Crippen molar-refractivity contribution >= 4 is 11.9 Å². The van der Waals surface area contributed by atoms with E-state index in [1.165, 1.54) is 37.5 Å². The number of carbonyl (C=O) groups excluding carboxylic acids is 2. The number of nitrogens with two attached hydrogens (primary N) is 1. The average Bonchev–Trinajstić information content (AvgIpc) is 3.52. The van der Waals surface area contributed by atoms with Crippen LogP contribution in [-0.2, 0) is 4.79 Å². The number of likely N-dealkylation sites (tertiary alicyclic amines) is 1. The molecule has 4 N–H and O–H groups in total. The Kier molecular flexibility index (Phi) is 7.45. The SMILES string of the molecule is C=C/C=C(\C=C/N)CC(F)(F)C[C@H](NC(=O)N1CCC2(CCC2)CC1)C(=O)NC1(C#N)CC1. The molecule has 3 rings (SSSR count). The van der Waals surface area contributed by atoms with E-state index in [1.54, 1.807) is 4.90 Å². The predicted octanol–water partition coefficient (Wildman–Crippen LogP) is 3.50. The van der Waals surface area contributed by atoms with Crippen molar-refractivity contribution in [3.05, 3.63) is 36.6 Å². The third-order valence-corrected chi connectivity index (χ3v) is 7.07. The van der Waals surface area contributed by atoms with Crippen molar-refractivity contribution in [1.82, 2.24) is 15.5 Å². The number of nitriles is 1. The first-order valence-electron chi connectivity index (χ1n) is 11.5. The average molecular weight is 462 g/mol. The summed E-state index contributed by atoms with van der Waals surface area (Å²) in [6.07, 6.45) is 10.0. The zero-order valence-electron chi connectivity index (χ0n) is 18.9. The van der Waals surface area contributed by atoms with Crippen molar-refractivity contribution in [2.75, 3.05) is 13.1 Å². The molecule has 7 nitrogen and oxygen atoms in total. The molecule has 1 atom stereocenters. The summed E-state index contributed by atoms with van der Waals surface area (Å²) in [5.74, 6) is -4.07. The van der Waals surface area contributed by atoms with Gasteiger partial charge < -0.3 is 21.3 Å². The van der Waals surface area contributed by atoms with Crippen LogP contribution in [0.2, 0.25) is 0 Å². The molecule has 3 fully saturated rings. The second-order valence-corrected chi connectivity index (χ2v) is 9.60. The molecule has 2 aliphatic carbocycles. The van der Waals surface area contributed by atoms with E-state index in [1.807, 2.05) is 6.07 Å². The molecule has 0 aromatic rings. The van der Waals surface area contributed by atoms with Gasteiger partial charge in [0.25, 0.3) is 5.92 Å². The highest BCUT2D eigenvalue weighted by Gasteiger charge is 2.47. The smallest absolute Gasteiger partial charge is 0.318 e. The van der Waals surface area contributed by atoms with E-state index < -0.39 is 42.3 Å². The fraction of sp³-hybridized carbons (Fsp3) is 0.625. The summed E-state index contributed by atoms with van der Waals surface area (Å²) in [6.45, 7) is 4.61. The summed E-state index contributed by atoms with van der Waals surface area (Å²) < 4.78 is 29.9. The van der Waals surface area contributed by atoms with Crippen LogP contribution in [0.1, 0.15) is 57.8 Å². The van der Waals surface area contributed by atoms with Crippen LogP contribution < -0.4 is 16.4 Å². The van der Waals surface area contributed by atoms with E-state index in [0.29, 0.717) is 31.3 Å². The zero-order chi connectivity index (χ0) is 24.1. The van der Waals surface area contributed by atoms with E-state index in [2.05, 4.69) is 17.2 Å². The maximum atomic E-state index is 14.9. The highest BCUT2D eigenvalue weighted by Crippen LogP contribution is 2.48. The minimum Gasteiger partial charge on any atom is -0.405 e. The van der Waals surface area contributed by atoms with Gasteiger partial charge in [0.05, 0.1) is 6.07 Å². The number of alkyl halides is 2. The van der Waals surface area contributed by atoms with E-state index in [9.17, 15) is 23.6 Å². The van der Waals surface area contributed by atoms with Crippen LogP contribution in [-0.4, -0.2) is 47.4 Å². The standard InChI is InChI=1S/C24H33F2N5O2/c1-2-4-18(5-12-27)15-24(25,26)16-19(20(32)30-23(17-28)8-9-23)29-21(33)31-13-10-22(11-14-31)6-3-7-22/h2,4-5,12,19H,1,3,6-11,13-16,27H2,(H,29,33)(H,30,32)/b12-5-,18-4+/t19-/m0/s1. The molecule has 0 bridgehead atoms. The van der Waals surface area contributed by atoms with Gasteiger partial charge in [0, 0.05) is 25.9 Å². The van der Waals surface area contributed by atoms with Crippen LogP contribution >= 0.6 is 0 Å². The summed E-state index contributed by atoms with van der Waals surface area (Å²) in [5, 5.41) is 14.3. The number of carbonyl (C=O) groups is 2. The Balaban J connectivity index is 1.68. The molecule has 1 saturated heterocycles. The Bertz CT molecular complexity index is 859. The first-order chi connectivity index (χ1) is 15.7. The molecule has 33 heavy (non-hydrogen) atoms. The Morgan fingerprint density at radius 1 is 1.21 bits per heavy atom. The van der Waals surface area contributed by atoms with Crippen LogP contribution in [0.15, 0.2) is 36.6 Å². The summed E-state index contributed by atoms with van der Waals surface area (Å²) >= 11 is 0. The van der Waals surface area contributed by atoms with Crippen LogP contribution in [0.25, 0.3) is 0 Å². The maximum Gasteiger partial charge on any atom is 0.318 e. The summed E-state index contributed by atoms with van der Waals surface area (Å²) in [6, 6.07) is 0.0291. The third kappa shape index (κ3) is 6.34. The van der Waals surface area contributed by atoms with Gasteiger partial charge in [-0.25, -0.2) is 13.6 Å². The largest absolute Gasteiger partial charge is 0.405 e. The lowest BCUT2D eigenvalue weighted by Crippen LogP contribution is -2.56. The quantitative estimate of drug-likeness (QED) is 0.456. The normalized spacial score (nSPS) is 22.2. The highest BCUT2D eigenvalue weighted by atomic mass is 19.3. The van der Waals surface area contributed by atoms with Gasteiger partial charge in [-0.3, -0.25) is 4.79 Å². The number of urea groups is 1. The third-order valence-electron chi connectivity index (χ3n) is 7.07. The number of halogens is 2. The molecule has 9 heteroatoms. The molecule has 180 valence electrons. The molecule has 3 aliphatic rings. The number of hydrogen-bond donors (Lipinski definition) is 3. The molecule has 0 unspecified atom stereocenters. The summed E-state index contributed by atoms with van der Waals surface area (Å²) in [4.78, 5) is 27.3. The number of nitrogens with one attached hydrogen (secondary N) is 2. The number of amides is 3. The molecule has 1 spiro atoms. The highest BCUT2D eigenvalue weighted by molar-refractivity contribution is 5.88. The lowest BCUT2D eigenvalue weighted by atomic mass is 9.63. The minimum atomic E-state index is -3.30. The molecular formula is C24H33F2N5O2. The number of piperidine rings is 1. The van der Waals surface area contributed by atoms with Crippen LogP contribution in [0.3, 0.4) is 0 Å². The Labute approximate surface area is 193 Å². The fourth-order valence-corrected chi connectivity index (χ4v) is 4.64. The monoisotopic (exact) mass is 461 g/mol. The Morgan fingerprint density at radius 3 is 2.36 bits per heavy atom. The van der Waals surface area contributed by atoms with Crippen molar-refractivity contribution in [2.45, 2.75) is 75.3 Å². The van der Waals surface area contributed by atoms with Gasteiger partial charge in [-0.2, -0.15) is 5.26 Å². The van der Waals surface area contributed by atoms with Crippen molar-refractivity contribution in [3.63, 3.8) is 0 Å². The Hall–Kier alpha value is -2.89.